The largest absolute Gasteiger partial charge is 0.462 e. The molecule has 0 aromatic carbocycles. The van der Waals surface area contributed by atoms with Gasteiger partial charge in [-0.25, -0.2) is 0 Å². The van der Waals surface area contributed by atoms with E-state index in [1.54, 1.807) is 0 Å². The van der Waals surface area contributed by atoms with Gasteiger partial charge in [0.1, 0.15) is 12.2 Å². The van der Waals surface area contributed by atoms with Crippen molar-refractivity contribution in [3.63, 3.8) is 0 Å². The molecular weight excluding hydrogens is 308 g/mol. The number of esters is 2. The SMILES string of the molecule is CC(=O)OC1C=C(C)CCC2OC2(C)CCC(OC(C)=O)C1(C)C. The van der Waals surface area contributed by atoms with Crippen LogP contribution < -0.4 is 0 Å². The summed E-state index contributed by atoms with van der Waals surface area (Å²) in [6.45, 7) is 11.0. The average molecular weight is 338 g/mol. The number of hydrogen-bond acceptors (Lipinski definition) is 5. The maximum absolute atomic E-state index is 11.6. The summed E-state index contributed by atoms with van der Waals surface area (Å²) in [5.74, 6) is -0.643. The van der Waals surface area contributed by atoms with Crippen LogP contribution in [0.4, 0.5) is 0 Å². The minimum Gasteiger partial charge on any atom is -0.462 e. The maximum Gasteiger partial charge on any atom is 0.303 e. The van der Waals surface area contributed by atoms with Crippen LogP contribution >= 0.6 is 0 Å². The van der Waals surface area contributed by atoms with E-state index < -0.39 is 11.5 Å². The highest BCUT2D eigenvalue weighted by molar-refractivity contribution is 5.67. The van der Waals surface area contributed by atoms with E-state index in [0.717, 1.165) is 24.8 Å². The van der Waals surface area contributed by atoms with Crippen LogP contribution in [0.15, 0.2) is 11.6 Å². The number of hydrogen-bond donors (Lipinski definition) is 0. The summed E-state index contributed by atoms with van der Waals surface area (Å²) in [5, 5.41) is 0. The van der Waals surface area contributed by atoms with Gasteiger partial charge in [-0.2, -0.15) is 0 Å². The molecule has 0 saturated carbocycles. The molecule has 1 aliphatic carbocycles. The van der Waals surface area contributed by atoms with E-state index in [0.29, 0.717) is 6.42 Å². The molecule has 0 aromatic rings. The smallest absolute Gasteiger partial charge is 0.303 e. The summed E-state index contributed by atoms with van der Waals surface area (Å²) >= 11 is 0. The van der Waals surface area contributed by atoms with Crippen molar-refractivity contribution in [2.75, 3.05) is 0 Å². The van der Waals surface area contributed by atoms with Crippen LogP contribution in [0.3, 0.4) is 0 Å². The van der Waals surface area contributed by atoms with Crippen molar-refractivity contribution in [2.45, 2.75) is 91.1 Å². The molecule has 1 aliphatic heterocycles. The fourth-order valence-electron chi connectivity index (χ4n) is 3.54. The Morgan fingerprint density at radius 3 is 2.33 bits per heavy atom. The van der Waals surface area contributed by atoms with Crippen LogP contribution in [0, 0.1) is 5.41 Å². The number of rotatable bonds is 2. The molecule has 0 bridgehead atoms. The number of carbonyl (C=O) groups is 2. The molecule has 0 amide bonds. The minimum absolute atomic E-state index is 0.129. The van der Waals surface area contributed by atoms with E-state index in [4.69, 9.17) is 14.2 Å². The summed E-state index contributed by atoms with van der Waals surface area (Å²) in [6, 6.07) is 0. The fourth-order valence-corrected chi connectivity index (χ4v) is 3.54. The van der Waals surface area contributed by atoms with Gasteiger partial charge in [-0.1, -0.05) is 19.4 Å². The average Bonchev–Trinajstić information content (AvgIpc) is 3.10. The summed E-state index contributed by atoms with van der Waals surface area (Å²) in [4.78, 5) is 23.2. The summed E-state index contributed by atoms with van der Waals surface area (Å²) < 4.78 is 17.1. The zero-order valence-electron chi connectivity index (χ0n) is 15.7. The van der Waals surface area contributed by atoms with Gasteiger partial charge in [-0.3, -0.25) is 9.59 Å². The van der Waals surface area contributed by atoms with E-state index in [2.05, 4.69) is 6.92 Å². The zero-order chi connectivity index (χ0) is 18.1. The molecule has 1 fully saturated rings. The Hall–Kier alpha value is -1.36. The monoisotopic (exact) mass is 338 g/mol. The molecule has 4 unspecified atom stereocenters. The lowest BCUT2D eigenvalue weighted by molar-refractivity contribution is -0.165. The molecule has 1 saturated heterocycles. The molecular formula is C19H30O5. The molecule has 136 valence electrons. The molecule has 5 heteroatoms. The number of ether oxygens (including phenoxy) is 3. The number of allylic oxidation sites excluding steroid dienone is 1. The van der Waals surface area contributed by atoms with Crippen LogP contribution in [0.5, 0.6) is 0 Å². The Kier molecular flexibility index (Phi) is 5.43. The van der Waals surface area contributed by atoms with E-state index in [-0.39, 0.29) is 29.7 Å². The molecule has 2 rings (SSSR count). The van der Waals surface area contributed by atoms with Crippen molar-refractivity contribution in [1.82, 2.24) is 0 Å². The van der Waals surface area contributed by atoms with Gasteiger partial charge < -0.3 is 14.2 Å². The van der Waals surface area contributed by atoms with Crippen LogP contribution in [0.1, 0.15) is 67.2 Å². The van der Waals surface area contributed by atoms with E-state index >= 15 is 0 Å². The van der Waals surface area contributed by atoms with Crippen molar-refractivity contribution in [3.05, 3.63) is 11.6 Å². The summed E-state index contributed by atoms with van der Waals surface area (Å²) in [6.07, 6.45) is 4.87. The highest BCUT2D eigenvalue weighted by atomic mass is 16.6. The lowest BCUT2D eigenvalue weighted by Crippen LogP contribution is -2.44. The van der Waals surface area contributed by atoms with Crippen LogP contribution in [0.2, 0.25) is 0 Å². The molecule has 2 aliphatic rings. The molecule has 0 aromatic heterocycles. The highest BCUT2D eigenvalue weighted by Crippen LogP contribution is 2.46. The zero-order valence-corrected chi connectivity index (χ0v) is 15.7. The second kappa shape index (κ2) is 6.87. The summed E-state index contributed by atoms with van der Waals surface area (Å²) in [7, 11) is 0. The standard InChI is InChI=1S/C19H30O5/c1-12-7-8-16-19(6,24-16)10-9-15(22-13(2)20)18(4,5)17(11-12)23-14(3)21/h11,15-17H,7-10H2,1-6H3. The Morgan fingerprint density at radius 2 is 1.75 bits per heavy atom. The normalized spacial score (nSPS) is 35.8. The van der Waals surface area contributed by atoms with Crippen molar-refractivity contribution >= 4 is 11.9 Å². The van der Waals surface area contributed by atoms with Gasteiger partial charge in [0, 0.05) is 19.3 Å². The first-order chi connectivity index (χ1) is 11.0. The number of fused-ring (bicyclic) bond motifs is 1. The first-order valence-electron chi connectivity index (χ1n) is 8.74. The van der Waals surface area contributed by atoms with Crippen LogP contribution in [-0.2, 0) is 23.8 Å². The van der Waals surface area contributed by atoms with Gasteiger partial charge in [0.25, 0.3) is 0 Å². The van der Waals surface area contributed by atoms with Crippen LogP contribution in [-0.4, -0.2) is 35.9 Å². The highest BCUT2D eigenvalue weighted by Gasteiger charge is 2.52. The summed E-state index contributed by atoms with van der Waals surface area (Å²) in [5.41, 5.74) is 0.510. The molecule has 1 heterocycles. The third-order valence-electron chi connectivity index (χ3n) is 5.34. The van der Waals surface area contributed by atoms with Crippen LogP contribution in [0.25, 0.3) is 0 Å². The van der Waals surface area contributed by atoms with Gasteiger partial charge >= 0.3 is 11.9 Å². The Labute approximate surface area is 144 Å². The lowest BCUT2D eigenvalue weighted by Gasteiger charge is -2.38. The van der Waals surface area contributed by atoms with Crippen molar-refractivity contribution < 1.29 is 23.8 Å². The third kappa shape index (κ3) is 4.38. The molecule has 24 heavy (non-hydrogen) atoms. The van der Waals surface area contributed by atoms with Gasteiger partial charge in [0.15, 0.2) is 0 Å². The first kappa shape index (κ1) is 19.0. The molecule has 5 nitrogen and oxygen atoms in total. The van der Waals surface area contributed by atoms with Gasteiger partial charge in [-0.05, 0) is 45.6 Å². The second-order valence-corrected chi connectivity index (χ2v) is 7.96. The van der Waals surface area contributed by atoms with Gasteiger partial charge in [0.05, 0.1) is 11.7 Å². The van der Waals surface area contributed by atoms with Crippen molar-refractivity contribution in [1.29, 1.82) is 0 Å². The topological polar surface area (TPSA) is 65.1 Å². The van der Waals surface area contributed by atoms with Gasteiger partial charge in [0.2, 0.25) is 0 Å². The van der Waals surface area contributed by atoms with E-state index in [9.17, 15) is 9.59 Å². The molecule has 0 N–H and O–H groups in total. The number of carbonyl (C=O) groups excluding carboxylic acids is 2. The van der Waals surface area contributed by atoms with Crippen molar-refractivity contribution in [2.24, 2.45) is 5.41 Å². The molecule has 0 spiro atoms. The third-order valence-corrected chi connectivity index (χ3v) is 5.34. The molecule has 0 radical (unpaired) electrons. The first-order valence-corrected chi connectivity index (χ1v) is 8.74. The maximum atomic E-state index is 11.6. The van der Waals surface area contributed by atoms with Gasteiger partial charge in [-0.15, -0.1) is 0 Å². The second-order valence-electron chi connectivity index (χ2n) is 7.96. The lowest BCUT2D eigenvalue weighted by atomic mass is 9.77. The van der Waals surface area contributed by atoms with E-state index in [1.165, 1.54) is 13.8 Å². The Morgan fingerprint density at radius 1 is 1.12 bits per heavy atom. The predicted octanol–water partition coefficient (Wildman–Crippen LogP) is 3.55. The van der Waals surface area contributed by atoms with E-state index in [1.807, 2.05) is 26.8 Å². The van der Waals surface area contributed by atoms with Crippen molar-refractivity contribution in [3.8, 4) is 0 Å². The predicted molar refractivity (Wildman–Crippen MR) is 90.4 cm³/mol. The fraction of sp³-hybridized carbons (Fsp3) is 0.789. The molecule has 4 atom stereocenters. The Bertz CT molecular complexity index is 536. The minimum atomic E-state index is -0.524. The number of epoxide rings is 1. The Balaban J connectivity index is 2.34. The quantitative estimate of drug-likeness (QED) is 0.438.